The summed E-state index contributed by atoms with van der Waals surface area (Å²) >= 11 is 0. The Hall–Kier alpha value is -2.74. The summed E-state index contributed by atoms with van der Waals surface area (Å²) in [5.74, 6) is -8.93. The van der Waals surface area contributed by atoms with Crippen molar-refractivity contribution in [2.24, 2.45) is 0 Å². The zero-order chi connectivity index (χ0) is 27.8. The molecule has 0 aromatic heterocycles. The Labute approximate surface area is 209 Å². The molecule has 36 heavy (non-hydrogen) atoms. The summed E-state index contributed by atoms with van der Waals surface area (Å²) in [5, 5.41) is 24.6. The fourth-order valence-electron chi connectivity index (χ4n) is 3.39. The van der Waals surface area contributed by atoms with E-state index in [1.807, 2.05) is 0 Å². The second kappa shape index (κ2) is 16.8. The van der Waals surface area contributed by atoms with Crippen LogP contribution in [0.15, 0.2) is 0 Å². The summed E-state index contributed by atoms with van der Waals surface area (Å²) in [6, 6.07) is 0. The van der Waals surface area contributed by atoms with Crippen LogP contribution in [0, 0.1) is 0 Å². The Bertz CT molecular complexity index is 834. The van der Waals surface area contributed by atoms with Crippen LogP contribution in [0.4, 0.5) is 0 Å². The van der Waals surface area contributed by atoms with Crippen molar-refractivity contribution in [1.82, 2.24) is 0 Å². The SMILES string of the molecule is CCCCCCCCCCCCOC(=O)C(CC(=O)OC(CC(=O)O)(CC(=O)O)C(=O)O)S(=O)(=O)O. The molecule has 0 bridgehead atoms. The van der Waals surface area contributed by atoms with E-state index in [1.165, 1.54) is 25.7 Å². The third-order valence-corrected chi connectivity index (χ3v) is 6.37. The fourth-order valence-corrected chi connectivity index (χ4v) is 4.05. The number of hydrogen-bond acceptors (Lipinski definition) is 9. The lowest BCUT2D eigenvalue weighted by Gasteiger charge is -2.26. The standard InChI is InChI=1S/C22H36O13S/c1-2-3-4-5-6-7-8-9-10-11-12-34-20(28)16(36(31,32)33)13-19(27)35-22(21(29)30,14-17(23)24)15-18(25)26/h16H,2-15H2,1H3,(H,23,24)(H,25,26)(H,29,30)(H,31,32,33). The van der Waals surface area contributed by atoms with Crippen molar-refractivity contribution >= 4 is 40.0 Å². The van der Waals surface area contributed by atoms with Crippen molar-refractivity contribution in [3.8, 4) is 0 Å². The molecule has 0 radical (unpaired) electrons. The Morgan fingerprint density at radius 2 is 1.22 bits per heavy atom. The van der Waals surface area contributed by atoms with Crippen LogP contribution >= 0.6 is 0 Å². The zero-order valence-corrected chi connectivity index (χ0v) is 21.2. The number of carbonyl (C=O) groups excluding carboxylic acids is 2. The molecule has 0 aromatic carbocycles. The van der Waals surface area contributed by atoms with Gasteiger partial charge < -0.3 is 24.8 Å². The Morgan fingerprint density at radius 3 is 1.61 bits per heavy atom. The van der Waals surface area contributed by atoms with Gasteiger partial charge in [0, 0.05) is 0 Å². The molecule has 14 heteroatoms. The number of carboxylic acid groups (broad SMARTS) is 3. The molecule has 0 saturated heterocycles. The molecule has 0 heterocycles. The molecule has 1 atom stereocenters. The van der Waals surface area contributed by atoms with Gasteiger partial charge in [0.05, 0.1) is 25.9 Å². The molecule has 0 aliphatic heterocycles. The van der Waals surface area contributed by atoms with E-state index in [4.69, 9.17) is 14.9 Å². The summed E-state index contributed by atoms with van der Waals surface area (Å²) in [6.07, 6.45) is 5.70. The number of rotatable bonds is 21. The maximum atomic E-state index is 12.2. The van der Waals surface area contributed by atoms with Crippen LogP contribution in [0.5, 0.6) is 0 Å². The highest BCUT2D eigenvalue weighted by Crippen LogP contribution is 2.24. The third-order valence-electron chi connectivity index (χ3n) is 5.29. The topological polar surface area (TPSA) is 219 Å². The highest BCUT2D eigenvalue weighted by Gasteiger charge is 2.48. The minimum atomic E-state index is -5.20. The van der Waals surface area contributed by atoms with Gasteiger partial charge in [-0.2, -0.15) is 8.42 Å². The number of hydrogen-bond donors (Lipinski definition) is 4. The summed E-state index contributed by atoms with van der Waals surface area (Å²) in [5.41, 5.74) is -3.06. The number of ether oxygens (including phenoxy) is 2. The molecule has 13 nitrogen and oxygen atoms in total. The van der Waals surface area contributed by atoms with Gasteiger partial charge in [0.15, 0.2) is 5.25 Å². The quantitative estimate of drug-likeness (QED) is 0.0934. The molecule has 0 aliphatic carbocycles. The van der Waals surface area contributed by atoms with Crippen molar-refractivity contribution in [1.29, 1.82) is 0 Å². The highest BCUT2D eigenvalue weighted by molar-refractivity contribution is 7.87. The first-order chi connectivity index (χ1) is 16.7. The first kappa shape index (κ1) is 33.3. The predicted octanol–water partition coefficient (Wildman–Crippen LogP) is 2.41. The molecule has 0 spiro atoms. The van der Waals surface area contributed by atoms with Crippen LogP contribution in [0.1, 0.15) is 90.4 Å². The van der Waals surface area contributed by atoms with Gasteiger partial charge in [-0.3, -0.25) is 23.7 Å². The van der Waals surface area contributed by atoms with E-state index in [1.54, 1.807) is 0 Å². The number of carboxylic acids is 3. The molecule has 0 amide bonds. The van der Waals surface area contributed by atoms with Crippen LogP contribution in [-0.4, -0.2) is 75.6 Å². The van der Waals surface area contributed by atoms with Gasteiger partial charge in [-0.05, 0) is 6.42 Å². The largest absolute Gasteiger partial charge is 0.481 e. The van der Waals surface area contributed by atoms with E-state index in [9.17, 15) is 42.0 Å². The molecule has 208 valence electrons. The average molecular weight is 541 g/mol. The Morgan fingerprint density at radius 1 is 0.778 bits per heavy atom. The van der Waals surface area contributed by atoms with Gasteiger partial charge in [-0.15, -0.1) is 0 Å². The third kappa shape index (κ3) is 14.0. The van der Waals surface area contributed by atoms with Crippen LogP contribution in [0.25, 0.3) is 0 Å². The van der Waals surface area contributed by atoms with Gasteiger partial charge in [0.2, 0.25) is 5.60 Å². The summed E-state index contributed by atoms with van der Waals surface area (Å²) in [4.78, 5) is 57.9. The van der Waals surface area contributed by atoms with Crippen LogP contribution in [0.2, 0.25) is 0 Å². The average Bonchev–Trinajstić information content (AvgIpc) is 2.73. The van der Waals surface area contributed by atoms with E-state index in [0.717, 1.165) is 25.7 Å². The second-order valence-corrected chi connectivity index (χ2v) is 10.1. The van der Waals surface area contributed by atoms with Crippen LogP contribution < -0.4 is 0 Å². The molecule has 1 unspecified atom stereocenters. The Kier molecular flexibility index (Phi) is 15.6. The van der Waals surface area contributed by atoms with Crippen LogP contribution in [0.3, 0.4) is 0 Å². The van der Waals surface area contributed by atoms with Gasteiger partial charge in [-0.1, -0.05) is 64.7 Å². The van der Waals surface area contributed by atoms with Gasteiger partial charge in [0.25, 0.3) is 10.1 Å². The van der Waals surface area contributed by atoms with Gasteiger partial charge in [0.1, 0.15) is 0 Å². The second-order valence-electron chi connectivity index (χ2n) is 8.47. The van der Waals surface area contributed by atoms with E-state index < -0.39 is 70.1 Å². The molecule has 0 rings (SSSR count). The molecule has 4 N–H and O–H groups in total. The first-order valence-electron chi connectivity index (χ1n) is 11.8. The van der Waals surface area contributed by atoms with Crippen LogP contribution in [-0.2, 0) is 43.6 Å². The van der Waals surface area contributed by atoms with Gasteiger partial charge in [-0.25, -0.2) is 4.79 Å². The number of aliphatic carboxylic acids is 3. The minimum absolute atomic E-state index is 0.187. The number of esters is 2. The van der Waals surface area contributed by atoms with Crippen molar-refractivity contribution in [3.63, 3.8) is 0 Å². The van der Waals surface area contributed by atoms with E-state index >= 15 is 0 Å². The maximum Gasteiger partial charge on any atom is 0.349 e. The van der Waals surface area contributed by atoms with E-state index in [2.05, 4.69) is 11.7 Å². The maximum absolute atomic E-state index is 12.2. The normalized spacial score (nSPS) is 12.5. The highest BCUT2D eigenvalue weighted by atomic mass is 32.2. The molecular weight excluding hydrogens is 504 g/mol. The first-order valence-corrected chi connectivity index (χ1v) is 13.3. The number of unbranched alkanes of at least 4 members (excludes halogenated alkanes) is 9. The monoisotopic (exact) mass is 540 g/mol. The predicted molar refractivity (Wildman–Crippen MR) is 124 cm³/mol. The summed E-state index contributed by atoms with van der Waals surface area (Å²) in [7, 11) is -5.20. The van der Waals surface area contributed by atoms with Crippen molar-refractivity contribution < 1.29 is 61.7 Å². The summed E-state index contributed by atoms with van der Waals surface area (Å²) < 4.78 is 41.9. The lowest BCUT2D eigenvalue weighted by Crippen LogP contribution is -2.48. The molecule has 0 saturated carbocycles. The lowest BCUT2D eigenvalue weighted by atomic mass is 9.95. The minimum Gasteiger partial charge on any atom is -0.481 e. The molecule has 0 aromatic rings. The fraction of sp³-hybridized carbons (Fsp3) is 0.773. The van der Waals surface area contributed by atoms with Crippen molar-refractivity contribution in [2.45, 2.75) is 101 Å². The van der Waals surface area contributed by atoms with Crippen molar-refractivity contribution in [2.75, 3.05) is 6.61 Å². The molecule has 0 fully saturated rings. The Balaban J connectivity index is 4.86. The van der Waals surface area contributed by atoms with Crippen molar-refractivity contribution in [3.05, 3.63) is 0 Å². The summed E-state index contributed by atoms with van der Waals surface area (Å²) in [6.45, 7) is 1.96. The van der Waals surface area contributed by atoms with Gasteiger partial charge >= 0.3 is 29.8 Å². The lowest BCUT2D eigenvalue weighted by molar-refractivity contribution is -0.186. The van der Waals surface area contributed by atoms with E-state index in [-0.39, 0.29) is 6.61 Å². The molecule has 0 aliphatic rings. The number of carbonyl (C=O) groups is 5. The smallest absolute Gasteiger partial charge is 0.349 e. The van der Waals surface area contributed by atoms with E-state index in [0.29, 0.717) is 12.8 Å². The molecular formula is C22H36O13S. The zero-order valence-electron chi connectivity index (χ0n) is 20.3.